The van der Waals surface area contributed by atoms with Crippen molar-refractivity contribution in [3.8, 4) is 5.75 Å². The first-order chi connectivity index (χ1) is 26.6. The van der Waals surface area contributed by atoms with Crippen molar-refractivity contribution in [1.82, 2.24) is 15.0 Å². The van der Waals surface area contributed by atoms with E-state index in [4.69, 9.17) is 9.47 Å². The number of benzene rings is 4. The average Bonchev–Trinajstić information content (AvgIpc) is 3.88. The molecule has 0 aliphatic carbocycles. The number of amides is 2. The molecule has 0 radical (unpaired) electrons. The van der Waals surface area contributed by atoms with Crippen LogP contribution in [0.2, 0.25) is 0 Å². The Bertz CT molecular complexity index is 2150. The molecule has 2 saturated heterocycles. The molecule has 1 N–H and O–H groups in total. The van der Waals surface area contributed by atoms with Gasteiger partial charge in [-0.15, -0.1) is 5.10 Å². The minimum atomic E-state index is -1.30. The molecule has 5 atom stereocenters. The maximum absolute atomic E-state index is 15.3. The Morgan fingerprint density at radius 1 is 0.964 bits per heavy atom. The van der Waals surface area contributed by atoms with Crippen molar-refractivity contribution in [1.29, 1.82) is 0 Å². The molecule has 0 bridgehead atoms. The SMILES string of the molecule is COc1ccc(C(C)(C)[C@@H]2[C@@H](CCn3cc([C@H](O)c4ccccc4)nn3)O[C@]3(C(=O)N(Cc4ccccc4)c4ccc(N5CCCCC5=O)cc43)[C@H]2C)cc1. The maximum Gasteiger partial charge on any atom is 0.264 e. The Hall–Kier alpha value is -5.32. The quantitative estimate of drug-likeness (QED) is 0.151. The molecule has 0 saturated carbocycles. The Morgan fingerprint density at radius 2 is 1.69 bits per heavy atom. The largest absolute Gasteiger partial charge is 0.497 e. The minimum Gasteiger partial charge on any atom is -0.497 e. The molecule has 8 rings (SSSR count). The van der Waals surface area contributed by atoms with Gasteiger partial charge in [-0.2, -0.15) is 0 Å². The molecule has 0 unspecified atom stereocenters. The number of fused-ring (bicyclic) bond motifs is 2. The average molecular weight is 740 g/mol. The lowest BCUT2D eigenvalue weighted by molar-refractivity contribution is -0.146. The number of aliphatic hydroxyl groups is 1. The van der Waals surface area contributed by atoms with Crippen molar-refractivity contribution < 1.29 is 24.2 Å². The second-order valence-corrected chi connectivity index (χ2v) is 15.7. The van der Waals surface area contributed by atoms with E-state index >= 15 is 4.79 Å². The van der Waals surface area contributed by atoms with Gasteiger partial charge in [-0.05, 0) is 71.7 Å². The number of nitrogens with zero attached hydrogens (tertiary/aromatic N) is 5. The van der Waals surface area contributed by atoms with Crippen LogP contribution in [-0.4, -0.2) is 51.7 Å². The molecule has 2 fully saturated rings. The first-order valence-corrected chi connectivity index (χ1v) is 19.4. The van der Waals surface area contributed by atoms with Crippen molar-refractivity contribution in [2.24, 2.45) is 11.8 Å². The van der Waals surface area contributed by atoms with E-state index in [0.717, 1.165) is 52.2 Å². The van der Waals surface area contributed by atoms with E-state index in [-0.39, 0.29) is 29.8 Å². The highest BCUT2D eigenvalue weighted by Crippen LogP contribution is 2.60. The standard InChI is InChI=1S/C45H49N5O5/c1-30-41(44(2,3)33-18-21-35(54-4)22-19-33)39(24-26-48-29-37(46-47-48)42(52)32-15-9-6-10-16-32)55-45(30)36-27-34(49-25-12-11-17-40(49)51)20-23-38(36)50(43(45)53)28-31-13-7-5-8-14-31/h5-10,13-16,18-23,27,29-30,39,41-42,52H,11-12,17,24-26,28H2,1-4H3/t30-,39+,41-,42+,45+/m0/s1. The molecule has 4 heterocycles. The first-order valence-electron chi connectivity index (χ1n) is 19.4. The van der Waals surface area contributed by atoms with Gasteiger partial charge in [0, 0.05) is 42.6 Å². The molecular formula is C45H49N5O5. The van der Waals surface area contributed by atoms with E-state index in [1.165, 1.54) is 0 Å². The number of rotatable bonds is 11. The van der Waals surface area contributed by atoms with E-state index in [2.05, 4.69) is 43.2 Å². The van der Waals surface area contributed by atoms with Crippen LogP contribution >= 0.6 is 0 Å². The predicted octanol–water partition coefficient (Wildman–Crippen LogP) is 7.35. The van der Waals surface area contributed by atoms with Crippen LogP contribution in [0.3, 0.4) is 0 Å². The first kappa shape index (κ1) is 36.6. The van der Waals surface area contributed by atoms with Gasteiger partial charge in [-0.1, -0.05) is 98.8 Å². The number of piperidine rings is 1. The number of anilines is 2. The summed E-state index contributed by atoms with van der Waals surface area (Å²) < 4.78 is 14.6. The van der Waals surface area contributed by atoms with Crippen LogP contribution < -0.4 is 14.5 Å². The third-order valence-corrected chi connectivity index (χ3v) is 12.2. The molecule has 1 spiro atoms. The van der Waals surface area contributed by atoms with E-state index in [9.17, 15) is 9.90 Å². The molecule has 3 aliphatic rings. The Morgan fingerprint density at radius 3 is 2.40 bits per heavy atom. The van der Waals surface area contributed by atoms with Crippen LogP contribution in [0.25, 0.3) is 0 Å². The van der Waals surface area contributed by atoms with Crippen molar-refractivity contribution in [2.45, 2.75) is 82.8 Å². The van der Waals surface area contributed by atoms with Crippen molar-refractivity contribution in [2.75, 3.05) is 23.5 Å². The third-order valence-electron chi connectivity index (χ3n) is 12.2. The maximum atomic E-state index is 15.3. The topological polar surface area (TPSA) is 110 Å². The van der Waals surface area contributed by atoms with E-state index in [0.29, 0.717) is 38.2 Å². The van der Waals surface area contributed by atoms with Crippen LogP contribution in [-0.2, 0) is 38.4 Å². The summed E-state index contributed by atoms with van der Waals surface area (Å²) in [5.74, 6) is 0.409. The molecule has 10 heteroatoms. The number of hydrogen-bond donors (Lipinski definition) is 1. The number of aromatic nitrogens is 3. The van der Waals surface area contributed by atoms with Gasteiger partial charge in [0.05, 0.1) is 31.6 Å². The molecule has 3 aliphatic heterocycles. The number of carbonyl (C=O) groups excluding carboxylic acids is 2. The van der Waals surface area contributed by atoms with Crippen LogP contribution in [0.4, 0.5) is 11.4 Å². The van der Waals surface area contributed by atoms with Gasteiger partial charge in [0.15, 0.2) is 5.60 Å². The van der Waals surface area contributed by atoms with E-state index < -0.39 is 17.1 Å². The zero-order valence-electron chi connectivity index (χ0n) is 32.0. The highest BCUT2D eigenvalue weighted by atomic mass is 16.5. The summed E-state index contributed by atoms with van der Waals surface area (Å²) in [7, 11) is 1.66. The van der Waals surface area contributed by atoms with Crippen molar-refractivity contribution in [3.05, 3.63) is 137 Å². The van der Waals surface area contributed by atoms with Crippen LogP contribution in [0.5, 0.6) is 5.75 Å². The molecule has 284 valence electrons. The van der Waals surface area contributed by atoms with Gasteiger partial charge in [-0.3, -0.25) is 14.3 Å². The van der Waals surface area contributed by atoms with Crippen molar-refractivity contribution in [3.63, 3.8) is 0 Å². The van der Waals surface area contributed by atoms with Gasteiger partial charge >= 0.3 is 0 Å². The van der Waals surface area contributed by atoms with Gasteiger partial charge in [0.2, 0.25) is 5.91 Å². The number of ether oxygens (including phenoxy) is 2. The fourth-order valence-corrected chi connectivity index (χ4v) is 9.35. The lowest BCUT2D eigenvalue weighted by atomic mass is 9.63. The smallest absolute Gasteiger partial charge is 0.264 e. The molecule has 10 nitrogen and oxygen atoms in total. The normalized spacial score (nSPS) is 23.0. The van der Waals surface area contributed by atoms with Crippen LogP contribution in [0.1, 0.15) is 80.5 Å². The molecule has 1 aromatic heterocycles. The minimum absolute atomic E-state index is 0.0898. The lowest BCUT2D eigenvalue weighted by Crippen LogP contribution is -2.45. The molecular weight excluding hydrogens is 691 g/mol. The van der Waals surface area contributed by atoms with E-state index in [1.54, 1.807) is 18.0 Å². The number of carbonyl (C=O) groups is 2. The monoisotopic (exact) mass is 739 g/mol. The van der Waals surface area contributed by atoms with Crippen LogP contribution in [0, 0.1) is 11.8 Å². The summed E-state index contributed by atoms with van der Waals surface area (Å²) in [6.45, 7) is 8.15. The summed E-state index contributed by atoms with van der Waals surface area (Å²) in [6.07, 6.45) is 3.41. The zero-order valence-corrected chi connectivity index (χ0v) is 32.0. The number of methoxy groups -OCH3 is 1. The summed E-state index contributed by atoms with van der Waals surface area (Å²) >= 11 is 0. The second kappa shape index (κ2) is 14.7. The number of aryl methyl sites for hydroxylation is 1. The van der Waals surface area contributed by atoms with Gasteiger partial charge in [0.1, 0.15) is 17.5 Å². The fraction of sp³-hybridized carbons (Fsp3) is 0.378. The molecule has 55 heavy (non-hydrogen) atoms. The highest BCUT2D eigenvalue weighted by molar-refractivity contribution is 6.08. The zero-order chi connectivity index (χ0) is 38.3. The predicted molar refractivity (Wildman–Crippen MR) is 211 cm³/mol. The molecule has 5 aromatic rings. The highest BCUT2D eigenvalue weighted by Gasteiger charge is 2.66. The molecule has 2 amide bonds. The third kappa shape index (κ3) is 6.51. The Balaban J connectivity index is 1.19. The van der Waals surface area contributed by atoms with Gasteiger partial charge < -0.3 is 24.4 Å². The number of hydrogen-bond acceptors (Lipinski definition) is 7. The Kier molecular flexibility index (Phi) is 9.81. The summed E-state index contributed by atoms with van der Waals surface area (Å²) in [4.78, 5) is 32.3. The lowest BCUT2D eigenvalue weighted by Gasteiger charge is -2.39. The van der Waals surface area contributed by atoms with Gasteiger partial charge in [-0.25, -0.2) is 0 Å². The Labute approximate surface area is 322 Å². The fourth-order valence-electron chi connectivity index (χ4n) is 9.35. The van der Waals surface area contributed by atoms with Gasteiger partial charge in [0.25, 0.3) is 5.91 Å². The second-order valence-electron chi connectivity index (χ2n) is 15.7. The van der Waals surface area contributed by atoms with Crippen molar-refractivity contribution >= 4 is 23.2 Å². The summed E-state index contributed by atoms with van der Waals surface area (Å²) in [5.41, 5.74) is 4.03. The van der Waals surface area contributed by atoms with Crippen LogP contribution in [0.15, 0.2) is 109 Å². The summed E-state index contributed by atoms with van der Waals surface area (Å²) in [6, 6.07) is 33.7. The number of aliphatic hydroxyl groups excluding tert-OH is 1. The summed E-state index contributed by atoms with van der Waals surface area (Å²) in [5, 5.41) is 19.8. The van der Waals surface area contributed by atoms with E-state index in [1.807, 2.05) is 101 Å². The molecule has 4 aromatic carbocycles.